The van der Waals surface area contributed by atoms with Crippen molar-refractivity contribution >= 4 is 11.8 Å². The molecular weight excluding hydrogens is 318 g/mol. The zero-order valence-electron chi connectivity index (χ0n) is 14.3. The number of anilines is 1. The lowest BCUT2D eigenvalue weighted by Gasteiger charge is -2.21. The van der Waals surface area contributed by atoms with Crippen molar-refractivity contribution in [3.8, 4) is 5.75 Å². The van der Waals surface area contributed by atoms with E-state index in [1.807, 2.05) is 25.4 Å². The molecule has 2 aliphatic rings. The molecule has 2 fully saturated rings. The lowest BCUT2D eigenvalue weighted by molar-refractivity contribution is 0.175. The monoisotopic (exact) mass is 341 g/mol. The molecular formula is C18H23N5O2. The fraction of sp³-hybridized carbons (Fsp3) is 0.500. The van der Waals surface area contributed by atoms with Crippen LogP contribution in [0.2, 0.25) is 0 Å². The van der Waals surface area contributed by atoms with Crippen LogP contribution < -0.4 is 15.4 Å². The Morgan fingerprint density at radius 2 is 2.20 bits per heavy atom. The zero-order valence-corrected chi connectivity index (χ0v) is 14.3. The molecule has 7 nitrogen and oxygen atoms in total. The van der Waals surface area contributed by atoms with Crippen LogP contribution in [0.4, 0.5) is 10.6 Å². The van der Waals surface area contributed by atoms with Gasteiger partial charge in [0.2, 0.25) is 0 Å². The van der Waals surface area contributed by atoms with Crippen LogP contribution in [0.5, 0.6) is 5.75 Å². The summed E-state index contributed by atoms with van der Waals surface area (Å²) in [6.07, 6.45) is 10.6. The third-order valence-corrected chi connectivity index (χ3v) is 4.81. The average molecular weight is 341 g/mol. The standard InChI is InChI=1S/C18H23N5O2/c1-23-11-14(10-20-23)25-16-4-2-3-15(16)21-18(24)22-17-9-13(7-8-19-17)12-5-6-12/h7-12,15-16H,2-6H2,1H3,(H2,19,21,22,24)/t15-,16+/m0/s1. The summed E-state index contributed by atoms with van der Waals surface area (Å²) in [4.78, 5) is 16.6. The Labute approximate surface area is 146 Å². The van der Waals surface area contributed by atoms with Gasteiger partial charge >= 0.3 is 6.03 Å². The fourth-order valence-corrected chi connectivity index (χ4v) is 3.37. The smallest absolute Gasteiger partial charge is 0.320 e. The Bertz CT molecular complexity index is 755. The molecule has 2 atom stereocenters. The highest BCUT2D eigenvalue weighted by atomic mass is 16.5. The van der Waals surface area contributed by atoms with Crippen LogP contribution in [0.3, 0.4) is 0 Å². The molecule has 7 heteroatoms. The van der Waals surface area contributed by atoms with Gasteiger partial charge in [-0.05, 0) is 55.7 Å². The molecule has 2 aromatic rings. The first-order valence-electron chi connectivity index (χ1n) is 8.86. The van der Waals surface area contributed by atoms with Gasteiger partial charge in [-0.2, -0.15) is 5.10 Å². The average Bonchev–Trinajstić information content (AvgIpc) is 3.24. The third-order valence-electron chi connectivity index (χ3n) is 4.81. The van der Waals surface area contributed by atoms with Gasteiger partial charge in [0.15, 0.2) is 5.75 Å². The largest absolute Gasteiger partial charge is 0.485 e. The summed E-state index contributed by atoms with van der Waals surface area (Å²) in [5, 5.41) is 9.99. The van der Waals surface area contributed by atoms with Crippen molar-refractivity contribution in [3.63, 3.8) is 0 Å². The van der Waals surface area contributed by atoms with Crippen LogP contribution in [0.1, 0.15) is 43.6 Å². The van der Waals surface area contributed by atoms with Crippen LogP contribution in [0, 0.1) is 0 Å². The van der Waals surface area contributed by atoms with E-state index < -0.39 is 0 Å². The Kier molecular flexibility index (Phi) is 4.29. The molecule has 0 bridgehead atoms. The highest BCUT2D eigenvalue weighted by Gasteiger charge is 2.31. The third kappa shape index (κ3) is 3.92. The normalized spacial score (nSPS) is 22.6. The summed E-state index contributed by atoms with van der Waals surface area (Å²) in [5.41, 5.74) is 1.25. The van der Waals surface area contributed by atoms with Crippen LogP contribution >= 0.6 is 0 Å². The number of amides is 2. The van der Waals surface area contributed by atoms with E-state index in [4.69, 9.17) is 4.74 Å². The molecule has 0 saturated heterocycles. The van der Waals surface area contributed by atoms with Gasteiger partial charge in [0.05, 0.1) is 18.4 Å². The summed E-state index contributed by atoms with van der Waals surface area (Å²) < 4.78 is 7.68. The van der Waals surface area contributed by atoms with Gasteiger partial charge in [-0.15, -0.1) is 0 Å². The second kappa shape index (κ2) is 6.74. The lowest BCUT2D eigenvalue weighted by atomic mass is 10.2. The molecule has 0 spiro atoms. The van der Waals surface area contributed by atoms with Crippen LogP contribution in [0.25, 0.3) is 0 Å². The number of rotatable bonds is 5. The van der Waals surface area contributed by atoms with Crippen molar-refractivity contribution in [2.24, 2.45) is 7.05 Å². The van der Waals surface area contributed by atoms with Gasteiger partial charge in [0.1, 0.15) is 11.9 Å². The number of nitrogens with zero attached hydrogens (tertiary/aromatic N) is 3. The van der Waals surface area contributed by atoms with E-state index in [2.05, 4.69) is 20.7 Å². The first-order valence-corrected chi connectivity index (χ1v) is 8.86. The topological polar surface area (TPSA) is 81.1 Å². The number of ether oxygens (including phenoxy) is 1. The molecule has 0 aliphatic heterocycles. The second-order valence-electron chi connectivity index (χ2n) is 6.89. The molecule has 132 valence electrons. The summed E-state index contributed by atoms with van der Waals surface area (Å²) in [6.45, 7) is 0. The Morgan fingerprint density at radius 3 is 2.96 bits per heavy atom. The van der Waals surface area contributed by atoms with Crippen molar-refractivity contribution in [2.45, 2.75) is 50.2 Å². The quantitative estimate of drug-likeness (QED) is 0.876. The minimum atomic E-state index is -0.230. The molecule has 0 radical (unpaired) electrons. The van der Waals surface area contributed by atoms with E-state index >= 15 is 0 Å². The summed E-state index contributed by atoms with van der Waals surface area (Å²) in [6, 6.07) is 3.75. The Morgan fingerprint density at radius 1 is 1.32 bits per heavy atom. The van der Waals surface area contributed by atoms with Gasteiger partial charge < -0.3 is 10.1 Å². The first-order chi connectivity index (χ1) is 12.2. The van der Waals surface area contributed by atoms with Gasteiger partial charge in [-0.3, -0.25) is 10.00 Å². The van der Waals surface area contributed by atoms with Crippen LogP contribution in [-0.2, 0) is 7.05 Å². The van der Waals surface area contributed by atoms with E-state index in [1.165, 1.54) is 18.4 Å². The maximum absolute atomic E-state index is 12.3. The molecule has 2 saturated carbocycles. The number of urea groups is 1. The van der Waals surface area contributed by atoms with Crippen molar-refractivity contribution < 1.29 is 9.53 Å². The minimum absolute atomic E-state index is 0.00757. The fourth-order valence-electron chi connectivity index (χ4n) is 3.37. The summed E-state index contributed by atoms with van der Waals surface area (Å²) in [7, 11) is 1.85. The van der Waals surface area contributed by atoms with E-state index in [1.54, 1.807) is 17.1 Å². The minimum Gasteiger partial charge on any atom is -0.485 e. The summed E-state index contributed by atoms with van der Waals surface area (Å²) >= 11 is 0. The maximum Gasteiger partial charge on any atom is 0.320 e. The Balaban J connectivity index is 1.34. The number of hydrogen-bond donors (Lipinski definition) is 2. The molecule has 2 amide bonds. The predicted molar refractivity (Wildman–Crippen MR) is 93.6 cm³/mol. The molecule has 2 aliphatic carbocycles. The van der Waals surface area contributed by atoms with E-state index in [0.29, 0.717) is 11.7 Å². The SMILES string of the molecule is Cn1cc(O[C@@H]2CCC[C@@H]2NC(=O)Nc2cc(C3CC3)ccn2)cn1. The number of aryl methyl sites for hydroxylation is 1. The molecule has 25 heavy (non-hydrogen) atoms. The molecule has 0 aromatic carbocycles. The van der Waals surface area contributed by atoms with Gasteiger partial charge in [-0.1, -0.05) is 0 Å². The molecule has 4 rings (SSSR count). The van der Waals surface area contributed by atoms with E-state index in [0.717, 1.165) is 25.0 Å². The molecule has 2 aromatic heterocycles. The number of pyridine rings is 1. The number of hydrogen-bond acceptors (Lipinski definition) is 4. The number of aromatic nitrogens is 3. The van der Waals surface area contributed by atoms with Crippen LogP contribution in [-0.4, -0.2) is 32.9 Å². The molecule has 2 N–H and O–H groups in total. The van der Waals surface area contributed by atoms with Crippen molar-refractivity contribution in [1.29, 1.82) is 0 Å². The highest BCUT2D eigenvalue weighted by Crippen LogP contribution is 2.40. The van der Waals surface area contributed by atoms with Crippen molar-refractivity contribution in [1.82, 2.24) is 20.1 Å². The van der Waals surface area contributed by atoms with E-state index in [-0.39, 0.29) is 18.2 Å². The van der Waals surface area contributed by atoms with Crippen LogP contribution in [0.15, 0.2) is 30.7 Å². The van der Waals surface area contributed by atoms with Gasteiger partial charge in [0, 0.05) is 13.2 Å². The highest BCUT2D eigenvalue weighted by molar-refractivity contribution is 5.88. The van der Waals surface area contributed by atoms with Gasteiger partial charge in [-0.25, -0.2) is 9.78 Å². The Hall–Kier alpha value is -2.57. The molecule has 2 heterocycles. The lowest BCUT2D eigenvalue weighted by Crippen LogP contribution is -2.44. The number of carbonyl (C=O) groups is 1. The second-order valence-corrected chi connectivity index (χ2v) is 6.89. The predicted octanol–water partition coefficient (Wildman–Crippen LogP) is 2.81. The zero-order chi connectivity index (χ0) is 17.2. The van der Waals surface area contributed by atoms with Crippen molar-refractivity contribution in [3.05, 3.63) is 36.3 Å². The summed E-state index contributed by atoms with van der Waals surface area (Å²) in [5.74, 6) is 1.98. The first kappa shape index (κ1) is 15.9. The molecule has 0 unspecified atom stereocenters. The number of nitrogens with one attached hydrogen (secondary N) is 2. The van der Waals surface area contributed by atoms with Gasteiger partial charge in [0.25, 0.3) is 0 Å². The number of carbonyl (C=O) groups excluding carboxylic acids is 1. The van der Waals surface area contributed by atoms with Crippen molar-refractivity contribution in [2.75, 3.05) is 5.32 Å². The maximum atomic E-state index is 12.3. The van der Waals surface area contributed by atoms with E-state index in [9.17, 15) is 4.79 Å².